The molecule has 0 aromatic carbocycles. The van der Waals surface area contributed by atoms with E-state index in [0.29, 0.717) is 19.8 Å². The number of thiazole rings is 1. The molecule has 0 bridgehead atoms. The fourth-order valence-corrected chi connectivity index (χ4v) is 2.51. The van der Waals surface area contributed by atoms with Gasteiger partial charge in [0.1, 0.15) is 0 Å². The normalized spacial score (nSPS) is 23.2. The third kappa shape index (κ3) is 3.51. The van der Waals surface area contributed by atoms with Crippen LogP contribution in [-0.2, 0) is 16.1 Å². The SMILES string of the molecule is CCCNC1COCC1C(=O)NCc1cncs1. The van der Waals surface area contributed by atoms with E-state index in [1.165, 1.54) is 0 Å². The summed E-state index contributed by atoms with van der Waals surface area (Å²) >= 11 is 1.55. The second-order valence-electron chi connectivity index (χ2n) is 4.39. The smallest absolute Gasteiger partial charge is 0.227 e. The lowest BCUT2D eigenvalue weighted by atomic mass is 10.0. The van der Waals surface area contributed by atoms with Crippen molar-refractivity contribution in [3.05, 3.63) is 16.6 Å². The standard InChI is InChI=1S/C12H19N3O2S/c1-2-3-14-11-7-17-6-10(11)12(16)15-5-9-4-13-8-18-9/h4,8,10-11,14H,2-3,5-7H2,1H3,(H,15,16). The van der Waals surface area contributed by atoms with Gasteiger partial charge in [0.15, 0.2) is 0 Å². The van der Waals surface area contributed by atoms with Gasteiger partial charge in [-0.05, 0) is 13.0 Å². The minimum atomic E-state index is -0.0792. The maximum Gasteiger partial charge on any atom is 0.227 e. The minimum Gasteiger partial charge on any atom is -0.379 e. The van der Waals surface area contributed by atoms with Gasteiger partial charge in [0.2, 0.25) is 5.91 Å². The Morgan fingerprint density at radius 1 is 1.61 bits per heavy atom. The van der Waals surface area contributed by atoms with E-state index in [-0.39, 0.29) is 17.9 Å². The van der Waals surface area contributed by atoms with Crippen molar-refractivity contribution in [1.82, 2.24) is 15.6 Å². The average molecular weight is 269 g/mol. The van der Waals surface area contributed by atoms with Crippen molar-refractivity contribution in [2.45, 2.75) is 25.9 Å². The number of carbonyl (C=O) groups is 1. The highest BCUT2D eigenvalue weighted by molar-refractivity contribution is 7.09. The van der Waals surface area contributed by atoms with E-state index in [0.717, 1.165) is 17.8 Å². The van der Waals surface area contributed by atoms with Gasteiger partial charge >= 0.3 is 0 Å². The van der Waals surface area contributed by atoms with Gasteiger partial charge in [0.05, 0.1) is 31.2 Å². The Bertz CT molecular complexity index is 369. The molecular formula is C12H19N3O2S. The third-order valence-electron chi connectivity index (χ3n) is 2.99. The van der Waals surface area contributed by atoms with E-state index >= 15 is 0 Å². The second kappa shape index (κ2) is 6.82. The Morgan fingerprint density at radius 3 is 3.22 bits per heavy atom. The van der Waals surface area contributed by atoms with E-state index in [1.807, 2.05) is 0 Å². The van der Waals surface area contributed by atoms with Crippen LogP contribution in [0.25, 0.3) is 0 Å². The number of hydrogen-bond donors (Lipinski definition) is 2. The number of hydrogen-bond acceptors (Lipinski definition) is 5. The van der Waals surface area contributed by atoms with Gasteiger partial charge in [0, 0.05) is 17.1 Å². The zero-order valence-electron chi connectivity index (χ0n) is 10.5. The first kappa shape index (κ1) is 13.5. The summed E-state index contributed by atoms with van der Waals surface area (Å²) in [5, 5.41) is 6.30. The van der Waals surface area contributed by atoms with E-state index in [4.69, 9.17) is 4.74 Å². The molecule has 1 fully saturated rings. The van der Waals surface area contributed by atoms with Gasteiger partial charge in [-0.2, -0.15) is 0 Å². The van der Waals surface area contributed by atoms with Crippen LogP contribution in [0.4, 0.5) is 0 Å². The van der Waals surface area contributed by atoms with Crippen LogP contribution in [0.5, 0.6) is 0 Å². The van der Waals surface area contributed by atoms with E-state index in [9.17, 15) is 4.79 Å². The molecule has 1 aliphatic heterocycles. The summed E-state index contributed by atoms with van der Waals surface area (Å²) in [4.78, 5) is 17.1. The molecule has 2 unspecified atom stereocenters. The fourth-order valence-electron chi connectivity index (χ4n) is 1.98. The molecule has 18 heavy (non-hydrogen) atoms. The zero-order valence-corrected chi connectivity index (χ0v) is 11.3. The first-order valence-electron chi connectivity index (χ1n) is 6.27. The lowest BCUT2D eigenvalue weighted by molar-refractivity contribution is -0.125. The number of nitrogens with one attached hydrogen (secondary N) is 2. The molecule has 5 nitrogen and oxygen atoms in total. The Kier molecular flexibility index (Phi) is 5.10. The molecule has 100 valence electrons. The van der Waals surface area contributed by atoms with Crippen molar-refractivity contribution < 1.29 is 9.53 Å². The molecule has 1 aromatic heterocycles. The minimum absolute atomic E-state index is 0.0644. The first-order valence-corrected chi connectivity index (χ1v) is 7.15. The van der Waals surface area contributed by atoms with Crippen molar-refractivity contribution in [2.24, 2.45) is 5.92 Å². The van der Waals surface area contributed by atoms with Crippen molar-refractivity contribution in [1.29, 1.82) is 0 Å². The lowest BCUT2D eigenvalue weighted by Gasteiger charge is -2.18. The number of ether oxygens (including phenoxy) is 1. The molecule has 1 aliphatic rings. The predicted octanol–water partition coefficient (Wildman–Crippen LogP) is 0.774. The van der Waals surface area contributed by atoms with Crippen molar-refractivity contribution in [3.63, 3.8) is 0 Å². The van der Waals surface area contributed by atoms with E-state index in [2.05, 4.69) is 22.5 Å². The van der Waals surface area contributed by atoms with E-state index in [1.54, 1.807) is 23.0 Å². The predicted molar refractivity (Wildman–Crippen MR) is 70.4 cm³/mol. The largest absolute Gasteiger partial charge is 0.379 e. The molecule has 0 radical (unpaired) electrons. The van der Waals surface area contributed by atoms with Crippen LogP contribution in [0.3, 0.4) is 0 Å². The molecule has 2 N–H and O–H groups in total. The Morgan fingerprint density at radius 2 is 2.50 bits per heavy atom. The average Bonchev–Trinajstić information content (AvgIpc) is 3.04. The van der Waals surface area contributed by atoms with Crippen molar-refractivity contribution in [3.8, 4) is 0 Å². The number of carbonyl (C=O) groups excluding carboxylic acids is 1. The maximum atomic E-state index is 12.1. The number of nitrogens with zero attached hydrogens (tertiary/aromatic N) is 1. The van der Waals surface area contributed by atoms with Crippen LogP contribution in [0.1, 0.15) is 18.2 Å². The van der Waals surface area contributed by atoms with Gasteiger partial charge < -0.3 is 15.4 Å². The summed E-state index contributed by atoms with van der Waals surface area (Å²) in [6.45, 7) is 4.73. The highest BCUT2D eigenvalue weighted by atomic mass is 32.1. The number of amides is 1. The molecule has 1 amide bonds. The van der Waals surface area contributed by atoms with Gasteiger partial charge in [0.25, 0.3) is 0 Å². The van der Waals surface area contributed by atoms with Gasteiger partial charge in [-0.25, -0.2) is 0 Å². The molecule has 2 atom stereocenters. The van der Waals surface area contributed by atoms with Crippen LogP contribution in [-0.4, -0.2) is 36.7 Å². The van der Waals surface area contributed by atoms with Crippen LogP contribution in [0.2, 0.25) is 0 Å². The Balaban J connectivity index is 1.80. The summed E-state index contributed by atoms with van der Waals surface area (Å²) in [7, 11) is 0. The molecule has 0 saturated carbocycles. The quantitative estimate of drug-likeness (QED) is 0.801. The summed E-state index contributed by atoms with van der Waals surface area (Å²) in [5.41, 5.74) is 1.77. The van der Waals surface area contributed by atoms with Crippen molar-refractivity contribution >= 4 is 17.2 Å². The molecule has 0 spiro atoms. The molecule has 6 heteroatoms. The molecule has 0 aliphatic carbocycles. The first-order chi connectivity index (χ1) is 8.81. The molecule has 2 heterocycles. The third-order valence-corrected chi connectivity index (χ3v) is 3.77. The van der Waals surface area contributed by atoms with Crippen LogP contribution < -0.4 is 10.6 Å². The molecule has 1 aromatic rings. The monoisotopic (exact) mass is 269 g/mol. The van der Waals surface area contributed by atoms with Crippen LogP contribution in [0, 0.1) is 5.92 Å². The molecule has 2 rings (SSSR count). The number of aromatic nitrogens is 1. The topological polar surface area (TPSA) is 63.2 Å². The summed E-state index contributed by atoms with van der Waals surface area (Å²) < 4.78 is 5.39. The van der Waals surface area contributed by atoms with Crippen molar-refractivity contribution in [2.75, 3.05) is 19.8 Å². The van der Waals surface area contributed by atoms with Gasteiger partial charge in [-0.3, -0.25) is 9.78 Å². The van der Waals surface area contributed by atoms with Gasteiger partial charge in [-0.1, -0.05) is 6.92 Å². The fraction of sp³-hybridized carbons (Fsp3) is 0.667. The molecular weight excluding hydrogens is 250 g/mol. The summed E-state index contributed by atoms with van der Waals surface area (Å²) in [5.74, 6) is -0.0148. The summed E-state index contributed by atoms with van der Waals surface area (Å²) in [6.07, 6.45) is 2.84. The Labute approximate surface area is 111 Å². The Hall–Kier alpha value is -0.980. The maximum absolute atomic E-state index is 12.1. The zero-order chi connectivity index (χ0) is 12.8. The van der Waals surface area contributed by atoms with Gasteiger partial charge in [-0.15, -0.1) is 11.3 Å². The highest BCUT2D eigenvalue weighted by Crippen LogP contribution is 2.14. The summed E-state index contributed by atoms with van der Waals surface area (Å²) in [6, 6.07) is 0.145. The lowest BCUT2D eigenvalue weighted by Crippen LogP contribution is -2.43. The second-order valence-corrected chi connectivity index (χ2v) is 5.36. The van der Waals surface area contributed by atoms with Crippen LogP contribution in [0.15, 0.2) is 11.7 Å². The highest BCUT2D eigenvalue weighted by Gasteiger charge is 2.33. The van der Waals surface area contributed by atoms with E-state index < -0.39 is 0 Å². The number of rotatable bonds is 6. The molecule has 1 saturated heterocycles. The van der Waals surface area contributed by atoms with Crippen LogP contribution >= 0.6 is 11.3 Å².